The molecule has 7 heteroatoms. The molecular weight excluding hydrogens is 330 g/mol. The Hall–Kier alpha value is -1.63. The van der Waals surface area contributed by atoms with Gasteiger partial charge in [-0.25, -0.2) is 4.79 Å². The highest BCUT2D eigenvalue weighted by Gasteiger charge is 2.33. The molecule has 1 aromatic heterocycles. The van der Waals surface area contributed by atoms with Crippen molar-refractivity contribution in [3.05, 3.63) is 11.7 Å². The molecule has 1 aromatic rings. The van der Waals surface area contributed by atoms with Crippen LogP contribution < -0.4 is 5.73 Å². The molecule has 2 aliphatic heterocycles. The Morgan fingerprint density at radius 1 is 1.19 bits per heavy atom. The van der Waals surface area contributed by atoms with Crippen LogP contribution in [0, 0.1) is 5.92 Å². The van der Waals surface area contributed by atoms with Gasteiger partial charge in [-0.2, -0.15) is 4.98 Å². The fourth-order valence-corrected chi connectivity index (χ4v) is 4.38. The summed E-state index contributed by atoms with van der Waals surface area (Å²) < 4.78 is 5.40. The van der Waals surface area contributed by atoms with Crippen LogP contribution in [0.5, 0.6) is 0 Å². The van der Waals surface area contributed by atoms with Crippen molar-refractivity contribution in [2.45, 2.75) is 77.3 Å². The maximum atomic E-state index is 11.9. The van der Waals surface area contributed by atoms with Gasteiger partial charge in [-0.3, -0.25) is 4.90 Å². The number of rotatable bonds is 6. The van der Waals surface area contributed by atoms with Crippen LogP contribution in [0.25, 0.3) is 0 Å². The molecular formula is C19H33N5O2. The van der Waals surface area contributed by atoms with Crippen molar-refractivity contribution in [2.75, 3.05) is 19.6 Å². The number of aromatic nitrogens is 2. The topological polar surface area (TPSA) is 88.5 Å². The second kappa shape index (κ2) is 9.35. The molecule has 2 N–H and O–H groups in total. The molecule has 3 rings (SSSR count). The van der Waals surface area contributed by atoms with E-state index >= 15 is 0 Å². The number of unbranched alkanes of at least 4 members (excludes halogenated alkanes) is 1. The van der Waals surface area contributed by atoms with Crippen LogP contribution >= 0.6 is 0 Å². The summed E-state index contributed by atoms with van der Waals surface area (Å²) in [6.07, 6.45) is 9.92. The monoisotopic (exact) mass is 363 g/mol. The number of aryl methyl sites for hydroxylation is 1. The molecule has 2 fully saturated rings. The zero-order valence-corrected chi connectivity index (χ0v) is 16.0. The standard InChI is InChI=1S/C19H33N5O2/c1-2-3-8-17-21-18(26-22-17)14-23-12-9-15(10-13-23)16-7-5-4-6-11-24(16)19(20)25/h15-16H,2-14H2,1H3,(H2,20,25). The van der Waals surface area contributed by atoms with Crippen LogP contribution in [0.3, 0.4) is 0 Å². The first kappa shape index (κ1) is 19.1. The number of hydrogen-bond donors (Lipinski definition) is 1. The zero-order chi connectivity index (χ0) is 18.4. The van der Waals surface area contributed by atoms with Gasteiger partial charge < -0.3 is 15.2 Å². The summed E-state index contributed by atoms with van der Waals surface area (Å²) in [5.74, 6) is 2.11. The number of amides is 2. The molecule has 1 atom stereocenters. The van der Waals surface area contributed by atoms with Crippen molar-refractivity contribution in [3.63, 3.8) is 0 Å². The molecule has 7 nitrogen and oxygen atoms in total. The average molecular weight is 364 g/mol. The Kier molecular flexibility index (Phi) is 6.88. The minimum absolute atomic E-state index is 0.246. The lowest BCUT2D eigenvalue weighted by Gasteiger charge is -2.39. The Labute approximate surface area is 156 Å². The summed E-state index contributed by atoms with van der Waals surface area (Å²) in [7, 11) is 0. The summed E-state index contributed by atoms with van der Waals surface area (Å²) in [6, 6.07) is 0.0750. The van der Waals surface area contributed by atoms with E-state index in [4.69, 9.17) is 10.3 Å². The molecule has 146 valence electrons. The second-order valence-corrected chi connectivity index (χ2v) is 7.77. The van der Waals surface area contributed by atoms with Gasteiger partial charge >= 0.3 is 6.03 Å². The SMILES string of the molecule is CCCCc1noc(CN2CCC(C3CCCCCN3C(N)=O)CC2)n1. The molecule has 2 saturated heterocycles. The van der Waals surface area contributed by atoms with Gasteiger partial charge in [0, 0.05) is 19.0 Å². The Bertz CT molecular complexity index is 568. The average Bonchev–Trinajstić information content (AvgIpc) is 2.93. The lowest BCUT2D eigenvalue weighted by Crippen LogP contribution is -2.49. The van der Waals surface area contributed by atoms with Crippen molar-refractivity contribution in [3.8, 4) is 0 Å². The van der Waals surface area contributed by atoms with Crippen molar-refractivity contribution in [2.24, 2.45) is 11.7 Å². The number of carbonyl (C=O) groups excluding carboxylic acids is 1. The molecule has 0 saturated carbocycles. The summed E-state index contributed by atoms with van der Waals surface area (Å²) in [5.41, 5.74) is 5.65. The van der Waals surface area contributed by atoms with Gasteiger partial charge in [0.05, 0.1) is 6.54 Å². The first-order valence-corrected chi connectivity index (χ1v) is 10.3. The lowest BCUT2D eigenvalue weighted by molar-refractivity contribution is 0.0962. The predicted octanol–water partition coefficient (Wildman–Crippen LogP) is 2.95. The third kappa shape index (κ3) is 4.96. The quantitative estimate of drug-likeness (QED) is 0.839. The number of hydrogen-bond acceptors (Lipinski definition) is 5. The Morgan fingerprint density at radius 2 is 2.00 bits per heavy atom. The molecule has 0 aliphatic carbocycles. The largest absolute Gasteiger partial charge is 0.351 e. The third-order valence-corrected chi connectivity index (χ3v) is 5.88. The van der Waals surface area contributed by atoms with Crippen LogP contribution in [-0.2, 0) is 13.0 Å². The van der Waals surface area contributed by atoms with Crippen molar-refractivity contribution < 1.29 is 9.32 Å². The highest BCUT2D eigenvalue weighted by molar-refractivity contribution is 5.72. The van der Waals surface area contributed by atoms with E-state index in [0.29, 0.717) is 12.0 Å². The number of piperidine rings is 1. The van der Waals surface area contributed by atoms with E-state index in [1.54, 1.807) is 0 Å². The smallest absolute Gasteiger partial charge is 0.315 e. The maximum absolute atomic E-state index is 11.9. The van der Waals surface area contributed by atoms with Gasteiger partial charge in [-0.15, -0.1) is 0 Å². The zero-order valence-electron chi connectivity index (χ0n) is 16.0. The van der Waals surface area contributed by atoms with Crippen LogP contribution in [0.4, 0.5) is 4.79 Å². The Morgan fingerprint density at radius 3 is 2.73 bits per heavy atom. The molecule has 0 bridgehead atoms. The highest BCUT2D eigenvalue weighted by atomic mass is 16.5. The number of primary amides is 1. The Balaban J connectivity index is 1.50. The molecule has 3 heterocycles. The fourth-order valence-electron chi connectivity index (χ4n) is 4.38. The molecule has 26 heavy (non-hydrogen) atoms. The molecule has 0 spiro atoms. The molecule has 0 aromatic carbocycles. The molecule has 1 unspecified atom stereocenters. The van der Waals surface area contributed by atoms with Crippen molar-refractivity contribution in [1.82, 2.24) is 19.9 Å². The van der Waals surface area contributed by atoms with E-state index in [2.05, 4.69) is 22.0 Å². The summed E-state index contributed by atoms with van der Waals surface area (Å²) >= 11 is 0. The van der Waals surface area contributed by atoms with Crippen LogP contribution in [-0.4, -0.2) is 51.6 Å². The van der Waals surface area contributed by atoms with E-state index < -0.39 is 0 Å². The minimum Gasteiger partial charge on any atom is -0.351 e. The van der Waals surface area contributed by atoms with Crippen LogP contribution in [0.2, 0.25) is 0 Å². The van der Waals surface area contributed by atoms with Gasteiger partial charge in [0.2, 0.25) is 5.89 Å². The lowest BCUT2D eigenvalue weighted by atomic mass is 9.86. The third-order valence-electron chi connectivity index (χ3n) is 5.88. The van der Waals surface area contributed by atoms with Gasteiger partial charge in [-0.05, 0) is 51.1 Å². The van der Waals surface area contributed by atoms with Gasteiger partial charge in [0.15, 0.2) is 5.82 Å². The van der Waals surface area contributed by atoms with E-state index in [-0.39, 0.29) is 6.03 Å². The fraction of sp³-hybridized carbons (Fsp3) is 0.842. The number of urea groups is 1. The maximum Gasteiger partial charge on any atom is 0.315 e. The van der Waals surface area contributed by atoms with Crippen molar-refractivity contribution in [1.29, 1.82) is 0 Å². The first-order valence-electron chi connectivity index (χ1n) is 10.3. The van der Waals surface area contributed by atoms with Gasteiger partial charge in [0.1, 0.15) is 0 Å². The van der Waals surface area contributed by atoms with E-state index in [1.807, 2.05) is 4.90 Å². The van der Waals surface area contributed by atoms with E-state index in [9.17, 15) is 4.79 Å². The number of nitrogens with zero attached hydrogens (tertiary/aromatic N) is 4. The first-order chi connectivity index (χ1) is 12.7. The van der Waals surface area contributed by atoms with Gasteiger partial charge in [0.25, 0.3) is 0 Å². The number of carbonyl (C=O) groups is 1. The number of nitrogens with two attached hydrogens (primary N) is 1. The minimum atomic E-state index is -0.246. The summed E-state index contributed by atoms with van der Waals surface area (Å²) in [4.78, 5) is 20.7. The molecule has 2 amide bonds. The summed E-state index contributed by atoms with van der Waals surface area (Å²) in [6.45, 7) is 5.75. The van der Waals surface area contributed by atoms with Crippen LogP contribution in [0.1, 0.15) is 70.0 Å². The van der Waals surface area contributed by atoms with Gasteiger partial charge in [-0.1, -0.05) is 31.3 Å². The summed E-state index contributed by atoms with van der Waals surface area (Å²) in [5, 5.41) is 4.08. The van der Waals surface area contributed by atoms with Crippen molar-refractivity contribution >= 4 is 6.03 Å². The number of likely N-dealkylation sites (tertiary alicyclic amines) is 2. The predicted molar refractivity (Wildman–Crippen MR) is 99.5 cm³/mol. The second-order valence-electron chi connectivity index (χ2n) is 7.77. The van der Waals surface area contributed by atoms with E-state index in [0.717, 1.165) is 82.8 Å². The molecule has 2 aliphatic rings. The highest BCUT2D eigenvalue weighted by Crippen LogP contribution is 2.30. The molecule has 0 radical (unpaired) electrons. The van der Waals surface area contributed by atoms with E-state index in [1.165, 1.54) is 12.8 Å². The normalized spacial score (nSPS) is 23.1. The van der Waals surface area contributed by atoms with Crippen LogP contribution in [0.15, 0.2) is 4.52 Å².